The zero-order valence-corrected chi connectivity index (χ0v) is 19.2. The number of nitrogens with zero attached hydrogens (tertiary/aromatic N) is 2. The van der Waals surface area contributed by atoms with Crippen LogP contribution in [0.15, 0.2) is 54.9 Å². The predicted octanol–water partition coefficient (Wildman–Crippen LogP) is 3.61. The van der Waals surface area contributed by atoms with Crippen LogP contribution in [-0.2, 0) is 21.6 Å². The van der Waals surface area contributed by atoms with E-state index in [-0.39, 0.29) is 12.0 Å². The molecule has 1 aliphatic carbocycles. The topological polar surface area (TPSA) is 62.2 Å². The van der Waals surface area contributed by atoms with Crippen LogP contribution in [0, 0.1) is 5.92 Å². The number of pyridine rings is 1. The molecule has 172 valence electrons. The van der Waals surface area contributed by atoms with Crippen molar-refractivity contribution in [1.82, 2.24) is 4.98 Å². The van der Waals surface area contributed by atoms with Gasteiger partial charge in [0.15, 0.2) is 6.10 Å². The van der Waals surface area contributed by atoms with Crippen LogP contribution in [0.2, 0.25) is 0 Å². The second kappa shape index (κ2) is 10.1. The zero-order valence-electron chi connectivity index (χ0n) is 19.2. The summed E-state index contributed by atoms with van der Waals surface area (Å²) in [5, 5.41) is 14.1. The number of piperidine rings is 1. The highest BCUT2D eigenvalue weighted by atomic mass is 16.6. The molecule has 1 aromatic carbocycles. The summed E-state index contributed by atoms with van der Waals surface area (Å²) in [5.74, 6) is -0.745. The zero-order chi connectivity index (χ0) is 22.4. The minimum atomic E-state index is -1.79. The van der Waals surface area contributed by atoms with Crippen LogP contribution in [-0.4, -0.2) is 48.2 Å². The van der Waals surface area contributed by atoms with E-state index in [4.69, 9.17) is 4.74 Å². The monoisotopic (exact) mass is 436 g/mol. The summed E-state index contributed by atoms with van der Waals surface area (Å²) in [5.41, 5.74) is 0.0231. The van der Waals surface area contributed by atoms with Gasteiger partial charge in [0.2, 0.25) is 0 Å². The smallest absolute Gasteiger partial charge is 0.300 e. The Hall–Kier alpha value is -2.24. The summed E-state index contributed by atoms with van der Waals surface area (Å²) in [6.07, 6.45) is 11.1. The number of esters is 1. The van der Waals surface area contributed by atoms with Gasteiger partial charge < -0.3 is 14.3 Å². The van der Waals surface area contributed by atoms with Crippen molar-refractivity contribution >= 4 is 5.97 Å². The van der Waals surface area contributed by atoms with Crippen molar-refractivity contribution in [1.29, 1.82) is 0 Å². The number of hydrogen-bond acceptors (Lipinski definition) is 4. The molecule has 0 spiro atoms. The number of rotatable bonds is 8. The molecule has 0 N–H and O–H groups in total. The average Bonchev–Trinajstić information content (AvgIpc) is 3.35. The van der Waals surface area contributed by atoms with Crippen molar-refractivity contribution in [2.75, 3.05) is 26.7 Å². The number of aryl methyl sites for hydroxylation is 1. The van der Waals surface area contributed by atoms with Gasteiger partial charge in [0.1, 0.15) is 6.54 Å². The lowest BCUT2D eigenvalue weighted by Crippen LogP contribution is -2.58. The fraction of sp³-hybridized carbons (Fsp3) is 0.556. The molecule has 32 heavy (non-hydrogen) atoms. The molecule has 2 aromatic rings. The van der Waals surface area contributed by atoms with E-state index in [1.54, 1.807) is 18.3 Å². The number of likely N-dealkylation sites (tertiary alicyclic amines) is 1. The van der Waals surface area contributed by atoms with E-state index in [1.807, 2.05) is 30.5 Å². The minimum Gasteiger partial charge on any atom is -0.837 e. The first-order valence-electron chi connectivity index (χ1n) is 12.2. The van der Waals surface area contributed by atoms with Gasteiger partial charge in [-0.2, -0.15) is 0 Å². The maximum atomic E-state index is 14.1. The third-order valence-electron chi connectivity index (χ3n) is 7.46. The van der Waals surface area contributed by atoms with Gasteiger partial charge in [-0.05, 0) is 36.0 Å². The third-order valence-corrected chi connectivity index (χ3v) is 7.46. The van der Waals surface area contributed by atoms with Gasteiger partial charge in [-0.3, -0.25) is 9.78 Å². The van der Waals surface area contributed by atoms with Crippen molar-refractivity contribution in [3.8, 4) is 0 Å². The van der Waals surface area contributed by atoms with E-state index in [9.17, 15) is 9.90 Å². The molecule has 4 rings (SSSR count). The van der Waals surface area contributed by atoms with Gasteiger partial charge in [0.05, 0.1) is 20.1 Å². The number of aromatic nitrogens is 1. The fourth-order valence-corrected chi connectivity index (χ4v) is 5.66. The highest BCUT2D eigenvalue weighted by Crippen LogP contribution is 2.40. The number of carbonyl (C=O) groups is 1. The Morgan fingerprint density at radius 1 is 1.12 bits per heavy atom. The van der Waals surface area contributed by atoms with E-state index >= 15 is 0 Å². The van der Waals surface area contributed by atoms with E-state index in [2.05, 4.69) is 18.1 Å². The van der Waals surface area contributed by atoms with Gasteiger partial charge in [0.25, 0.3) is 0 Å². The summed E-state index contributed by atoms with van der Waals surface area (Å²) < 4.78 is 6.89. The van der Waals surface area contributed by atoms with Crippen LogP contribution in [0.25, 0.3) is 0 Å². The molecule has 2 heterocycles. The van der Waals surface area contributed by atoms with E-state index in [0.717, 1.165) is 75.5 Å². The SMILES string of the molecule is C[N@@+]1(CCCc2cccnc2)CCCC(OC(=O)C([O-])(c2ccccc2)C2CCCC2)C1. The molecule has 5 nitrogen and oxygen atoms in total. The number of likely N-dealkylation sites (N-methyl/N-ethyl adjacent to an activating group) is 1. The van der Waals surface area contributed by atoms with Gasteiger partial charge in [0, 0.05) is 30.8 Å². The normalized spacial score (nSPS) is 25.9. The Morgan fingerprint density at radius 2 is 1.91 bits per heavy atom. The lowest BCUT2D eigenvalue weighted by molar-refractivity contribution is -0.917. The van der Waals surface area contributed by atoms with Crippen LogP contribution in [0.5, 0.6) is 0 Å². The number of quaternary nitrogens is 1. The third kappa shape index (κ3) is 5.21. The molecule has 0 amide bonds. The lowest BCUT2D eigenvalue weighted by atomic mass is 9.80. The van der Waals surface area contributed by atoms with Crippen LogP contribution >= 0.6 is 0 Å². The standard InChI is InChI=1S/C27H36N2O3/c1-29(18-8-11-22-10-7-17-28-20-22)19-9-16-25(21-29)32-26(30)27(31,24-14-5-6-15-24)23-12-3-2-4-13-23/h2-4,7,10,12-13,17,20,24-25H,5-6,8-9,11,14-16,18-19,21H2,1H3/t25?,27?,29-/m1/s1. The largest absolute Gasteiger partial charge is 0.837 e. The maximum Gasteiger partial charge on any atom is 0.300 e. The predicted molar refractivity (Wildman–Crippen MR) is 123 cm³/mol. The fourth-order valence-electron chi connectivity index (χ4n) is 5.66. The second-order valence-electron chi connectivity index (χ2n) is 9.97. The van der Waals surface area contributed by atoms with Crippen LogP contribution in [0.3, 0.4) is 0 Å². The molecule has 0 radical (unpaired) electrons. The van der Waals surface area contributed by atoms with Gasteiger partial charge >= 0.3 is 5.97 Å². The van der Waals surface area contributed by atoms with Gasteiger partial charge in [-0.15, -0.1) is 0 Å². The maximum absolute atomic E-state index is 14.1. The number of benzene rings is 1. The van der Waals surface area contributed by atoms with Crippen LogP contribution in [0.1, 0.15) is 56.1 Å². The first kappa shape index (κ1) is 22.9. The number of carbonyl (C=O) groups excluding carboxylic acids is 1. The molecule has 1 saturated carbocycles. The Balaban J connectivity index is 1.40. The highest BCUT2D eigenvalue weighted by molar-refractivity contribution is 5.81. The van der Waals surface area contributed by atoms with E-state index in [1.165, 1.54) is 5.56 Å². The Morgan fingerprint density at radius 3 is 2.62 bits per heavy atom. The lowest BCUT2D eigenvalue weighted by Gasteiger charge is -2.46. The van der Waals surface area contributed by atoms with Crippen molar-refractivity contribution < 1.29 is 19.1 Å². The summed E-state index contributed by atoms with van der Waals surface area (Å²) in [6.45, 7) is 2.91. The van der Waals surface area contributed by atoms with E-state index < -0.39 is 11.6 Å². The summed E-state index contributed by atoms with van der Waals surface area (Å²) >= 11 is 0. The Kier molecular flexibility index (Phi) is 7.27. The van der Waals surface area contributed by atoms with Gasteiger partial charge in [-0.1, -0.05) is 62.1 Å². The Labute approximate surface area is 192 Å². The molecule has 1 aliphatic heterocycles. The van der Waals surface area contributed by atoms with Crippen LogP contribution < -0.4 is 5.11 Å². The second-order valence-corrected chi connectivity index (χ2v) is 9.97. The molecule has 2 fully saturated rings. The van der Waals surface area contributed by atoms with Crippen molar-refractivity contribution in [2.24, 2.45) is 5.92 Å². The van der Waals surface area contributed by atoms with Crippen molar-refractivity contribution in [3.63, 3.8) is 0 Å². The van der Waals surface area contributed by atoms with Crippen molar-refractivity contribution in [3.05, 3.63) is 66.0 Å². The molecule has 0 bridgehead atoms. The molecule has 1 aromatic heterocycles. The molecule has 2 unspecified atom stereocenters. The first-order chi connectivity index (χ1) is 15.5. The quantitative estimate of drug-likeness (QED) is 0.468. The molecule has 1 saturated heterocycles. The van der Waals surface area contributed by atoms with Crippen LogP contribution in [0.4, 0.5) is 0 Å². The number of hydrogen-bond donors (Lipinski definition) is 0. The minimum absolute atomic E-state index is 0.179. The average molecular weight is 437 g/mol. The first-order valence-corrected chi connectivity index (χ1v) is 12.2. The molecule has 3 atom stereocenters. The number of ether oxygens (including phenoxy) is 1. The molecule has 5 heteroatoms. The molecular formula is C27H36N2O3. The molecule has 2 aliphatic rings. The summed E-state index contributed by atoms with van der Waals surface area (Å²) in [7, 11) is 2.25. The van der Waals surface area contributed by atoms with Crippen molar-refractivity contribution in [2.45, 2.75) is 63.1 Å². The Bertz CT molecular complexity index is 869. The summed E-state index contributed by atoms with van der Waals surface area (Å²) in [4.78, 5) is 17.6. The highest BCUT2D eigenvalue weighted by Gasteiger charge is 2.41. The molecular weight excluding hydrogens is 400 g/mol. The van der Waals surface area contributed by atoms with Gasteiger partial charge in [-0.25, -0.2) is 0 Å². The van der Waals surface area contributed by atoms with E-state index in [0.29, 0.717) is 5.56 Å². The summed E-state index contributed by atoms with van der Waals surface area (Å²) in [6, 6.07) is 13.3.